The highest BCUT2D eigenvalue weighted by atomic mass is 32.1. The van der Waals surface area contributed by atoms with Crippen LogP contribution in [-0.2, 0) is 6.42 Å². The Balaban J connectivity index is 0.933. The summed E-state index contributed by atoms with van der Waals surface area (Å²) >= 11 is 3.86. The van der Waals surface area contributed by atoms with Gasteiger partial charge in [0, 0.05) is 52.7 Å². The molecule has 2 aliphatic carbocycles. The topological polar surface area (TPSA) is 3.24 Å². The molecule has 1 unspecified atom stereocenters. The summed E-state index contributed by atoms with van der Waals surface area (Å²) < 4.78 is 4.14. The first-order valence-corrected chi connectivity index (χ1v) is 21.5. The highest BCUT2D eigenvalue weighted by Crippen LogP contribution is 2.44. The van der Waals surface area contributed by atoms with Gasteiger partial charge in [-0.2, -0.15) is 0 Å². The smallest absolute Gasteiger partial charge is 0.0461 e. The molecule has 9 aromatic rings. The molecule has 11 rings (SSSR count). The molecule has 2 heterocycles. The summed E-state index contributed by atoms with van der Waals surface area (Å²) in [4.78, 5) is 3.86. The van der Waals surface area contributed by atoms with Crippen LogP contribution in [0.5, 0.6) is 0 Å². The zero-order chi connectivity index (χ0) is 37.7. The van der Waals surface area contributed by atoms with Crippen molar-refractivity contribution in [1.29, 1.82) is 0 Å². The van der Waals surface area contributed by atoms with Gasteiger partial charge in [0.15, 0.2) is 0 Å². The normalized spacial score (nSPS) is 15.1. The van der Waals surface area contributed by atoms with Gasteiger partial charge in [0.1, 0.15) is 0 Å². The van der Waals surface area contributed by atoms with Crippen LogP contribution in [0.3, 0.4) is 0 Å². The number of hydrogen-bond acceptors (Lipinski definition) is 3. The maximum Gasteiger partial charge on any atom is 0.0461 e. The van der Waals surface area contributed by atoms with Crippen LogP contribution in [0.2, 0.25) is 0 Å². The molecule has 2 aliphatic rings. The monoisotopic (exact) mass is 765 g/mol. The second-order valence-electron chi connectivity index (χ2n) is 15.1. The molecule has 1 nitrogen and oxygen atoms in total. The van der Waals surface area contributed by atoms with Gasteiger partial charge >= 0.3 is 0 Å². The predicted octanol–water partition coefficient (Wildman–Crippen LogP) is 15.7. The molecule has 57 heavy (non-hydrogen) atoms. The van der Waals surface area contributed by atoms with Crippen molar-refractivity contribution in [2.75, 3.05) is 4.90 Å². The molecule has 0 saturated heterocycles. The van der Waals surface area contributed by atoms with Crippen molar-refractivity contribution >= 4 is 69.9 Å². The fourth-order valence-electron chi connectivity index (χ4n) is 8.86. The van der Waals surface area contributed by atoms with Crippen LogP contribution < -0.4 is 4.90 Å². The largest absolute Gasteiger partial charge is 0.311 e. The van der Waals surface area contributed by atoms with Crippen molar-refractivity contribution in [2.24, 2.45) is 0 Å². The van der Waals surface area contributed by atoms with Gasteiger partial charge < -0.3 is 4.90 Å². The molecular weight excluding hydrogens is 727 g/mol. The summed E-state index contributed by atoms with van der Waals surface area (Å²) in [5, 5.41) is 4.14. The number of rotatable bonds is 7. The van der Waals surface area contributed by atoms with E-state index in [0.717, 1.165) is 30.6 Å². The molecule has 0 amide bonds. The minimum atomic E-state index is 0.324. The van der Waals surface area contributed by atoms with Crippen LogP contribution in [0.15, 0.2) is 200 Å². The van der Waals surface area contributed by atoms with Gasteiger partial charge in [-0.15, -0.1) is 22.7 Å². The van der Waals surface area contributed by atoms with Crippen molar-refractivity contribution in [3.8, 4) is 22.3 Å². The summed E-state index contributed by atoms with van der Waals surface area (Å²) in [5.41, 5.74) is 14.0. The molecule has 0 radical (unpaired) electrons. The first-order valence-electron chi connectivity index (χ1n) is 19.9. The van der Waals surface area contributed by atoms with Crippen LogP contribution in [0.25, 0.3) is 58.1 Å². The molecule has 0 spiro atoms. The maximum absolute atomic E-state index is 2.44. The lowest BCUT2D eigenvalue weighted by Gasteiger charge is -2.29. The Morgan fingerprint density at radius 1 is 0.474 bits per heavy atom. The number of nitrogens with zero attached hydrogens (tertiary/aromatic N) is 1. The summed E-state index contributed by atoms with van der Waals surface area (Å²) in [5.74, 6) is 0.324. The molecule has 0 fully saturated rings. The minimum Gasteiger partial charge on any atom is -0.311 e. The van der Waals surface area contributed by atoms with E-state index in [0.29, 0.717) is 5.92 Å². The molecule has 1 atom stereocenters. The molecular formula is C54H39NS2. The number of benzene rings is 7. The third-order valence-electron chi connectivity index (χ3n) is 11.7. The molecule has 2 aromatic heterocycles. The van der Waals surface area contributed by atoms with E-state index in [-0.39, 0.29) is 0 Å². The Labute approximate surface area is 341 Å². The van der Waals surface area contributed by atoms with Crippen LogP contribution in [0, 0.1) is 0 Å². The number of anilines is 2. The number of fused-ring (bicyclic) bond motifs is 6. The van der Waals surface area contributed by atoms with E-state index in [1.165, 1.54) is 85.3 Å². The zero-order valence-electron chi connectivity index (χ0n) is 31.4. The fraction of sp³-hybridized carbons (Fsp3) is 0.0741. The predicted molar refractivity (Wildman–Crippen MR) is 247 cm³/mol. The summed E-state index contributed by atoms with van der Waals surface area (Å²) in [7, 11) is 0. The standard InChI is InChI=1S/C54H39NS2/c1-2-10-36(11-3-1)37-20-22-38(23-21-37)39-24-30-42(31-25-39)55(43-32-26-40(27-33-43)45-14-8-16-49-47-12-4-6-18-51(47)56-53(45)49)44-34-28-41(29-35-44)46-15-9-17-50-48-13-5-7-19-52(48)57-54(46)50/h1-8,10-16,18-26,28-35,40H,9,17,27H2. The lowest BCUT2D eigenvalue weighted by atomic mass is 9.90. The minimum absolute atomic E-state index is 0.324. The molecule has 3 heteroatoms. The van der Waals surface area contributed by atoms with Crippen molar-refractivity contribution in [3.63, 3.8) is 0 Å². The lowest BCUT2D eigenvalue weighted by Crippen LogP contribution is -2.17. The molecule has 272 valence electrons. The number of thiophene rings is 2. The van der Waals surface area contributed by atoms with Crippen LogP contribution in [0.4, 0.5) is 11.4 Å². The Kier molecular flexibility index (Phi) is 8.57. The summed E-state index contributed by atoms with van der Waals surface area (Å²) in [6.45, 7) is 0. The SMILES string of the molecule is C1=CC(c2cccc3c2sc2ccccc23)CC=C1N(c1ccc(C2=CCCc3c2sc2ccccc32)cc1)c1ccc(-c2ccc(-c3ccccc3)cc2)cc1. The van der Waals surface area contributed by atoms with Gasteiger partial charge in [0.05, 0.1) is 0 Å². The quantitative estimate of drug-likeness (QED) is 0.156. The first kappa shape index (κ1) is 34.0. The van der Waals surface area contributed by atoms with Gasteiger partial charge in [-0.3, -0.25) is 0 Å². The number of aryl methyl sites for hydroxylation is 1. The van der Waals surface area contributed by atoms with Crippen molar-refractivity contribution < 1.29 is 0 Å². The van der Waals surface area contributed by atoms with Crippen LogP contribution in [-0.4, -0.2) is 0 Å². The Morgan fingerprint density at radius 3 is 1.74 bits per heavy atom. The molecule has 0 aliphatic heterocycles. The molecule has 0 bridgehead atoms. The van der Waals surface area contributed by atoms with E-state index < -0.39 is 0 Å². The highest BCUT2D eigenvalue weighted by Gasteiger charge is 2.23. The third kappa shape index (κ3) is 6.15. The molecule has 0 saturated carbocycles. The first-order chi connectivity index (χ1) is 28.2. The lowest BCUT2D eigenvalue weighted by molar-refractivity contribution is 0.849. The second kappa shape index (κ2) is 14.4. The van der Waals surface area contributed by atoms with Crippen LogP contribution >= 0.6 is 22.7 Å². The number of allylic oxidation sites excluding steroid dienone is 4. The fourth-order valence-corrected chi connectivity index (χ4v) is 11.5. The molecule has 7 aromatic carbocycles. The Bertz CT molecular complexity index is 3010. The van der Waals surface area contributed by atoms with Gasteiger partial charge in [-0.25, -0.2) is 0 Å². The Hall–Kier alpha value is -6.26. The van der Waals surface area contributed by atoms with Crippen molar-refractivity contribution in [1.82, 2.24) is 0 Å². The summed E-state index contributed by atoms with van der Waals surface area (Å²) in [6.07, 6.45) is 12.8. The van der Waals surface area contributed by atoms with E-state index in [1.54, 1.807) is 0 Å². The highest BCUT2D eigenvalue weighted by molar-refractivity contribution is 7.26. The Morgan fingerprint density at radius 2 is 1.05 bits per heavy atom. The average Bonchev–Trinajstić information content (AvgIpc) is 3.87. The zero-order valence-corrected chi connectivity index (χ0v) is 33.1. The number of hydrogen-bond donors (Lipinski definition) is 0. The van der Waals surface area contributed by atoms with Gasteiger partial charge in [-0.05, 0) is 112 Å². The molecule has 0 N–H and O–H groups in total. The van der Waals surface area contributed by atoms with E-state index in [2.05, 4.69) is 199 Å². The van der Waals surface area contributed by atoms with Crippen molar-refractivity contribution in [3.05, 3.63) is 221 Å². The van der Waals surface area contributed by atoms with Gasteiger partial charge in [0.2, 0.25) is 0 Å². The third-order valence-corrected chi connectivity index (χ3v) is 14.2. The summed E-state index contributed by atoms with van der Waals surface area (Å²) in [6, 6.07) is 62.4. The van der Waals surface area contributed by atoms with Crippen molar-refractivity contribution in [2.45, 2.75) is 25.2 Å². The average molecular weight is 766 g/mol. The van der Waals surface area contributed by atoms with E-state index in [1.807, 2.05) is 22.7 Å². The van der Waals surface area contributed by atoms with E-state index in [9.17, 15) is 0 Å². The maximum atomic E-state index is 2.44. The van der Waals surface area contributed by atoms with E-state index >= 15 is 0 Å². The van der Waals surface area contributed by atoms with Crippen LogP contribution in [0.1, 0.15) is 40.3 Å². The van der Waals surface area contributed by atoms with Gasteiger partial charge in [0.25, 0.3) is 0 Å². The van der Waals surface area contributed by atoms with Gasteiger partial charge in [-0.1, -0.05) is 152 Å². The second-order valence-corrected chi connectivity index (χ2v) is 17.2. The van der Waals surface area contributed by atoms with E-state index in [4.69, 9.17) is 0 Å².